The number of rotatable bonds is 3. The van der Waals surface area contributed by atoms with Crippen LogP contribution in [0.25, 0.3) is 0 Å². The second-order valence-corrected chi connectivity index (χ2v) is 9.28. The summed E-state index contributed by atoms with van der Waals surface area (Å²) in [6.07, 6.45) is 6.65. The average molecular weight is 428 g/mol. The topological polar surface area (TPSA) is 104 Å². The number of fused-ring (bicyclic) bond motifs is 2. The van der Waals surface area contributed by atoms with Gasteiger partial charge in [-0.25, -0.2) is 0 Å². The van der Waals surface area contributed by atoms with Crippen LogP contribution in [0, 0.1) is 5.92 Å². The van der Waals surface area contributed by atoms with Gasteiger partial charge in [-0.2, -0.15) is 0 Å². The first-order valence-electron chi connectivity index (χ1n) is 11.3. The fraction of sp³-hybridized carbons (Fsp3) is 0.636. The van der Waals surface area contributed by atoms with Crippen LogP contribution in [-0.4, -0.2) is 75.3 Å². The van der Waals surface area contributed by atoms with Crippen LogP contribution in [-0.2, 0) is 21.4 Å². The van der Waals surface area contributed by atoms with Crippen LogP contribution in [0.2, 0.25) is 0 Å². The van der Waals surface area contributed by atoms with Gasteiger partial charge in [0.25, 0.3) is 5.91 Å². The minimum absolute atomic E-state index is 0.00259. The van der Waals surface area contributed by atoms with Crippen LogP contribution in [0.3, 0.4) is 0 Å². The molecule has 0 radical (unpaired) electrons. The zero-order valence-corrected chi connectivity index (χ0v) is 17.8. The van der Waals surface area contributed by atoms with Gasteiger partial charge in [0.15, 0.2) is 0 Å². The van der Waals surface area contributed by atoms with Gasteiger partial charge >= 0.3 is 0 Å². The minimum Gasteiger partial charge on any atom is -0.349 e. The number of amides is 4. The molecule has 0 spiro atoms. The van der Waals surface area contributed by atoms with E-state index in [1.807, 2.05) is 0 Å². The third kappa shape index (κ3) is 3.40. The van der Waals surface area contributed by atoms with Crippen LogP contribution in [0.4, 0.5) is 0 Å². The van der Waals surface area contributed by atoms with E-state index in [9.17, 15) is 19.2 Å². The van der Waals surface area contributed by atoms with Gasteiger partial charge < -0.3 is 25.0 Å². The Labute approximate surface area is 181 Å². The summed E-state index contributed by atoms with van der Waals surface area (Å²) in [5.41, 5.74) is 0.530. The van der Waals surface area contributed by atoms with E-state index < -0.39 is 12.1 Å². The van der Waals surface area contributed by atoms with Gasteiger partial charge in [-0.15, -0.1) is 0 Å². The molecule has 4 amide bonds. The highest BCUT2D eigenvalue weighted by atomic mass is 16.2. The largest absolute Gasteiger partial charge is 0.349 e. The van der Waals surface area contributed by atoms with Crippen LogP contribution in [0.5, 0.6) is 0 Å². The first-order chi connectivity index (χ1) is 14.9. The van der Waals surface area contributed by atoms with E-state index in [2.05, 4.69) is 10.6 Å². The maximum Gasteiger partial charge on any atom is 0.268 e. The summed E-state index contributed by atoms with van der Waals surface area (Å²) >= 11 is 0. The molecule has 166 valence electrons. The Balaban J connectivity index is 1.32. The quantitative estimate of drug-likeness (QED) is 0.709. The van der Waals surface area contributed by atoms with Crippen molar-refractivity contribution in [1.29, 1.82) is 0 Å². The molecule has 0 aromatic carbocycles. The molecule has 0 bridgehead atoms. The predicted molar refractivity (Wildman–Crippen MR) is 111 cm³/mol. The standard InChI is InChI=1S/C22H29N5O4/c1-25-9-4-7-16(25)19(28)23-14-11-17-20(29)24-15-8-10-26(18(15)22(31)27(17)12-14)21(30)13-5-2-3-6-13/h4,7,9,13-15,17-18H,2-3,5-6,8,10-12H2,1H3,(H,23,28)(H,24,29)/t14-,15-,17+,18+/m1/s1. The van der Waals surface area contributed by atoms with E-state index in [-0.39, 0.29) is 48.2 Å². The van der Waals surface area contributed by atoms with Crippen LogP contribution < -0.4 is 10.6 Å². The van der Waals surface area contributed by atoms with Crippen molar-refractivity contribution in [3.8, 4) is 0 Å². The fourth-order valence-electron chi connectivity index (χ4n) is 5.74. The normalized spacial score (nSPS) is 30.7. The molecule has 9 nitrogen and oxygen atoms in total. The van der Waals surface area contributed by atoms with Crippen LogP contribution in [0.1, 0.15) is 49.0 Å². The SMILES string of the molecule is Cn1cccc1C(=O)N[C@@H]1C[C@H]2C(=O)N[C@@H]3CCN(C(=O)C4CCCC4)[C@@H]3C(=O)N2C1. The first-order valence-corrected chi connectivity index (χ1v) is 11.3. The Bertz CT molecular complexity index is 921. The third-order valence-electron chi connectivity index (χ3n) is 7.36. The molecule has 31 heavy (non-hydrogen) atoms. The van der Waals surface area contributed by atoms with Crippen molar-refractivity contribution in [1.82, 2.24) is 25.0 Å². The van der Waals surface area contributed by atoms with Gasteiger partial charge in [0.2, 0.25) is 17.7 Å². The Hall–Kier alpha value is -2.84. The molecule has 0 unspecified atom stereocenters. The van der Waals surface area contributed by atoms with Crippen molar-refractivity contribution in [2.24, 2.45) is 13.0 Å². The molecule has 4 fully saturated rings. The monoisotopic (exact) mass is 427 g/mol. The molecular weight excluding hydrogens is 398 g/mol. The second kappa shape index (κ2) is 7.69. The molecule has 2 N–H and O–H groups in total. The lowest BCUT2D eigenvalue weighted by Crippen LogP contribution is -2.53. The summed E-state index contributed by atoms with van der Waals surface area (Å²) in [6, 6.07) is 1.65. The summed E-state index contributed by atoms with van der Waals surface area (Å²) in [5, 5.41) is 5.98. The molecule has 1 aliphatic carbocycles. The highest BCUT2D eigenvalue weighted by Crippen LogP contribution is 2.33. The number of likely N-dealkylation sites (tertiary alicyclic amines) is 1. The number of carbonyl (C=O) groups excluding carboxylic acids is 4. The number of aromatic nitrogens is 1. The van der Waals surface area contributed by atoms with Crippen molar-refractivity contribution >= 4 is 23.6 Å². The predicted octanol–water partition coefficient (Wildman–Crippen LogP) is 0.0139. The van der Waals surface area contributed by atoms with E-state index in [0.717, 1.165) is 25.7 Å². The van der Waals surface area contributed by atoms with Crippen molar-refractivity contribution in [3.05, 3.63) is 24.0 Å². The number of carbonyl (C=O) groups is 4. The molecule has 3 saturated heterocycles. The molecule has 1 aromatic heterocycles. The van der Waals surface area contributed by atoms with E-state index in [4.69, 9.17) is 0 Å². The van der Waals surface area contributed by atoms with E-state index in [1.165, 1.54) is 0 Å². The van der Waals surface area contributed by atoms with E-state index in [0.29, 0.717) is 25.1 Å². The summed E-state index contributed by atoms with van der Waals surface area (Å²) in [5.74, 6) is -0.532. The summed E-state index contributed by atoms with van der Waals surface area (Å²) < 4.78 is 1.73. The Morgan fingerprint density at radius 3 is 2.65 bits per heavy atom. The molecule has 5 rings (SSSR count). The fourth-order valence-corrected chi connectivity index (χ4v) is 5.74. The van der Waals surface area contributed by atoms with Gasteiger partial charge in [-0.3, -0.25) is 19.2 Å². The third-order valence-corrected chi connectivity index (χ3v) is 7.36. The van der Waals surface area contributed by atoms with Gasteiger partial charge in [-0.05, 0) is 37.8 Å². The molecule has 9 heteroatoms. The number of hydrogen-bond acceptors (Lipinski definition) is 4. The van der Waals surface area contributed by atoms with Crippen molar-refractivity contribution in [2.45, 2.75) is 62.7 Å². The van der Waals surface area contributed by atoms with Crippen LogP contribution >= 0.6 is 0 Å². The minimum atomic E-state index is -0.635. The second-order valence-electron chi connectivity index (χ2n) is 9.28. The van der Waals surface area contributed by atoms with Crippen molar-refractivity contribution in [3.63, 3.8) is 0 Å². The number of hydrogen-bond donors (Lipinski definition) is 2. The average Bonchev–Trinajstić information content (AvgIpc) is 3.52. The lowest BCUT2D eigenvalue weighted by atomic mass is 10.0. The lowest BCUT2D eigenvalue weighted by Gasteiger charge is -2.30. The number of nitrogens with zero attached hydrogens (tertiary/aromatic N) is 3. The maximum atomic E-state index is 13.5. The Kier molecular flexibility index (Phi) is 4.98. The van der Waals surface area contributed by atoms with Gasteiger partial charge in [0, 0.05) is 38.3 Å². The zero-order chi connectivity index (χ0) is 21.7. The highest BCUT2D eigenvalue weighted by molar-refractivity contribution is 5.97. The zero-order valence-electron chi connectivity index (χ0n) is 17.8. The molecule has 3 aliphatic heterocycles. The van der Waals surface area contributed by atoms with E-state index in [1.54, 1.807) is 39.7 Å². The molecule has 1 aromatic rings. The number of aryl methyl sites for hydroxylation is 1. The van der Waals surface area contributed by atoms with Gasteiger partial charge in [0.05, 0.1) is 6.04 Å². The summed E-state index contributed by atoms with van der Waals surface area (Å²) in [6.45, 7) is 0.782. The molecule has 4 atom stereocenters. The lowest BCUT2D eigenvalue weighted by molar-refractivity contribution is -0.146. The first kappa shape index (κ1) is 20.1. The molecule has 4 heterocycles. The summed E-state index contributed by atoms with van der Waals surface area (Å²) in [4.78, 5) is 55.4. The van der Waals surface area contributed by atoms with Gasteiger partial charge in [0.1, 0.15) is 17.8 Å². The van der Waals surface area contributed by atoms with Crippen molar-refractivity contribution < 1.29 is 19.2 Å². The Morgan fingerprint density at radius 2 is 1.94 bits per heavy atom. The molecular formula is C22H29N5O4. The highest BCUT2D eigenvalue weighted by Gasteiger charge is 2.53. The summed E-state index contributed by atoms with van der Waals surface area (Å²) in [7, 11) is 1.80. The molecule has 1 saturated carbocycles. The maximum absolute atomic E-state index is 13.5. The van der Waals surface area contributed by atoms with Crippen LogP contribution in [0.15, 0.2) is 18.3 Å². The van der Waals surface area contributed by atoms with Crippen molar-refractivity contribution in [2.75, 3.05) is 13.1 Å². The Morgan fingerprint density at radius 1 is 1.16 bits per heavy atom. The molecule has 4 aliphatic rings. The number of nitrogens with one attached hydrogen (secondary N) is 2. The van der Waals surface area contributed by atoms with Gasteiger partial charge in [-0.1, -0.05) is 12.8 Å². The smallest absolute Gasteiger partial charge is 0.268 e. The van der Waals surface area contributed by atoms with E-state index >= 15 is 0 Å².